The lowest BCUT2D eigenvalue weighted by Crippen LogP contribution is -2.48. The highest BCUT2D eigenvalue weighted by molar-refractivity contribution is 7.99. The monoisotopic (exact) mass is 282 g/mol. The normalized spacial score (nSPS) is 33.9. The van der Waals surface area contributed by atoms with Crippen molar-refractivity contribution < 1.29 is 5.11 Å². The van der Waals surface area contributed by atoms with Gasteiger partial charge in [-0.3, -0.25) is 5.32 Å². The van der Waals surface area contributed by atoms with Crippen LogP contribution >= 0.6 is 11.8 Å². The molecule has 108 valence electrons. The molecule has 3 nitrogen and oxygen atoms in total. The summed E-state index contributed by atoms with van der Waals surface area (Å²) in [6.07, 6.45) is 6.69. The van der Waals surface area contributed by atoms with Gasteiger partial charge in [-0.2, -0.15) is 17.0 Å². The number of rotatable bonds is 7. The average molecular weight is 282 g/mol. The Morgan fingerprint density at radius 2 is 2.16 bits per heavy atom. The SMILES string of the molecule is CC(O)C(C)SCCC1CCCC1(C#N)NC1CC1. The van der Waals surface area contributed by atoms with E-state index in [1.54, 1.807) is 0 Å². The van der Waals surface area contributed by atoms with Gasteiger partial charge >= 0.3 is 0 Å². The van der Waals surface area contributed by atoms with Gasteiger partial charge in [0.1, 0.15) is 5.54 Å². The van der Waals surface area contributed by atoms with Gasteiger partial charge in [0.15, 0.2) is 0 Å². The smallest absolute Gasteiger partial charge is 0.109 e. The Morgan fingerprint density at radius 1 is 1.42 bits per heavy atom. The molecule has 2 rings (SSSR count). The maximum absolute atomic E-state index is 9.60. The minimum Gasteiger partial charge on any atom is -0.392 e. The predicted octanol–water partition coefficient (Wildman–Crippen LogP) is 2.69. The molecule has 2 fully saturated rings. The fraction of sp³-hybridized carbons (Fsp3) is 0.933. The van der Waals surface area contributed by atoms with E-state index in [1.165, 1.54) is 25.7 Å². The van der Waals surface area contributed by atoms with E-state index in [2.05, 4.69) is 18.3 Å². The minimum absolute atomic E-state index is 0.251. The molecule has 0 radical (unpaired) electrons. The molecule has 2 aliphatic carbocycles. The van der Waals surface area contributed by atoms with Gasteiger partial charge in [0, 0.05) is 11.3 Å². The van der Waals surface area contributed by atoms with Gasteiger partial charge < -0.3 is 5.11 Å². The van der Waals surface area contributed by atoms with Crippen LogP contribution in [0, 0.1) is 17.2 Å². The lowest BCUT2D eigenvalue weighted by atomic mass is 9.86. The third kappa shape index (κ3) is 3.87. The quantitative estimate of drug-likeness (QED) is 0.754. The molecule has 0 aliphatic heterocycles. The van der Waals surface area contributed by atoms with Gasteiger partial charge in [0.05, 0.1) is 12.2 Å². The molecule has 0 saturated heterocycles. The summed E-state index contributed by atoms with van der Waals surface area (Å²) in [7, 11) is 0. The molecule has 0 aromatic heterocycles. The fourth-order valence-corrected chi connectivity index (χ4v) is 4.04. The van der Waals surface area contributed by atoms with Crippen LogP contribution in [0.3, 0.4) is 0 Å². The van der Waals surface area contributed by atoms with Gasteiger partial charge in [-0.15, -0.1) is 0 Å². The summed E-state index contributed by atoms with van der Waals surface area (Å²) in [5.74, 6) is 1.54. The average Bonchev–Trinajstić information content (AvgIpc) is 3.10. The van der Waals surface area contributed by atoms with Gasteiger partial charge in [0.25, 0.3) is 0 Å². The summed E-state index contributed by atoms with van der Waals surface area (Å²) in [5.41, 5.74) is -0.254. The summed E-state index contributed by atoms with van der Waals surface area (Å²) in [4.78, 5) is 0. The topological polar surface area (TPSA) is 56.0 Å². The van der Waals surface area contributed by atoms with Crippen molar-refractivity contribution in [1.29, 1.82) is 5.26 Å². The van der Waals surface area contributed by atoms with Crippen molar-refractivity contribution in [2.24, 2.45) is 5.92 Å². The van der Waals surface area contributed by atoms with Crippen LogP contribution < -0.4 is 5.32 Å². The molecule has 0 aromatic carbocycles. The first-order valence-electron chi connectivity index (χ1n) is 7.56. The summed E-state index contributed by atoms with van der Waals surface area (Å²) >= 11 is 1.83. The van der Waals surface area contributed by atoms with E-state index in [0.29, 0.717) is 12.0 Å². The number of nitrogens with one attached hydrogen (secondary N) is 1. The van der Waals surface area contributed by atoms with Crippen LogP contribution in [0.4, 0.5) is 0 Å². The van der Waals surface area contributed by atoms with Crippen molar-refractivity contribution >= 4 is 11.8 Å². The Balaban J connectivity index is 1.82. The summed E-state index contributed by atoms with van der Waals surface area (Å²) in [6.45, 7) is 3.92. The molecule has 2 N–H and O–H groups in total. The Labute approximate surface area is 121 Å². The molecule has 19 heavy (non-hydrogen) atoms. The van der Waals surface area contributed by atoms with Crippen LogP contribution in [0.1, 0.15) is 52.4 Å². The second-order valence-corrected chi connectivity index (χ2v) is 7.68. The van der Waals surface area contributed by atoms with Gasteiger partial charge in [0.2, 0.25) is 0 Å². The standard InChI is InChI=1S/C15H26N2OS/c1-11(18)12(2)19-9-7-13-4-3-8-15(13,10-16)17-14-5-6-14/h11-14,17-18H,3-9H2,1-2H3. The molecule has 2 saturated carbocycles. The molecule has 4 atom stereocenters. The predicted molar refractivity (Wildman–Crippen MR) is 80.1 cm³/mol. The number of aliphatic hydroxyl groups excluding tert-OH is 1. The number of hydrogen-bond acceptors (Lipinski definition) is 4. The molecule has 4 heteroatoms. The van der Waals surface area contributed by atoms with E-state index in [0.717, 1.165) is 18.6 Å². The third-order valence-corrected chi connectivity index (χ3v) is 5.98. The van der Waals surface area contributed by atoms with Crippen LogP contribution in [0.15, 0.2) is 0 Å². The van der Waals surface area contributed by atoms with Crippen LogP contribution in [0.2, 0.25) is 0 Å². The van der Waals surface area contributed by atoms with Crippen molar-refractivity contribution in [2.45, 2.75) is 75.3 Å². The van der Waals surface area contributed by atoms with Crippen molar-refractivity contribution in [3.8, 4) is 6.07 Å². The Bertz CT molecular complexity index is 338. The molecule has 4 unspecified atom stereocenters. The fourth-order valence-electron chi connectivity index (χ4n) is 2.97. The van der Waals surface area contributed by atoms with Crippen LogP contribution in [0.5, 0.6) is 0 Å². The van der Waals surface area contributed by atoms with Crippen LogP contribution in [-0.4, -0.2) is 33.8 Å². The molecule has 0 aromatic rings. The van der Waals surface area contributed by atoms with Crippen LogP contribution in [0.25, 0.3) is 0 Å². The van der Waals surface area contributed by atoms with E-state index < -0.39 is 0 Å². The molecule has 0 spiro atoms. The highest BCUT2D eigenvalue weighted by Crippen LogP contribution is 2.40. The number of hydrogen-bond donors (Lipinski definition) is 2. The summed E-state index contributed by atoms with van der Waals surface area (Å²) < 4.78 is 0. The van der Waals surface area contributed by atoms with Gasteiger partial charge in [-0.25, -0.2) is 0 Å². The maximum Gasteiger partial charge on any atom is 0.109 e. The van der Waals surface area contributed by atoms with Crippen LogP contribution in [-0.2, 0) is 0 Å². The number of nitrogens with zero attached hydrogens (tertiary/aromatic N) is 1. The Morgan fingerprint density at radius 3 is 2.74 bits per heavy atom. The molecular formula is C15H26N2OS. The summed E-state index contributed by atoms with van der Waals surface area (Å²) in [6, 6.07) is 3.19. The molecule has 2 aliphatic rings. The molecule has 0 bridgehead atoms. The minimum atomic E-state index is -0.254. The van der Waals surface area contributed by atoms with Gasteiger partial charge in [-0.05, 0) is 50.7 Å². The van der Waals surface area contributed by atoms with E-state index in [9.17, 15) is 10.4 Å². The van der Waals surface area contributed by atoms with E-state index in [1.807, 2.05) is 18.7 Å². The number of nitriles is 1. The zero-order chi connectivity index (χ0) is 13.9. The zero-order valence-corrected chi connectivity index (χ0v) is 12.9. The zero-order valence-electron chi connectivity index (χ0n) is 12.1. The van der Waals surface area contributed by atoms with Crippen molar-refractivity contribution in [3.05, 3.63) is 0 Å². The van der Waals surface area contributed by atoms with E-state index in [4.69, 9.17) is 0 Å². The van der Waals surface area contributed by atoms with Gasteiger partial charge in [-0.1, -0.05) is 13.3 Å². The molecule has 0 amide bonds. The highest BCUT2D eigenvalue weighted by Gasteiger charge is 2.45. The van der Waals surface area contributed by atoms with E-state index in [-0.39, 0.29) is 16.9 Å². The lowest BCUT2D eigenvalue weighted by molar-refractivity contribution is 0.196. The third-order valence-electron chi connectivity index (χ3n) is 4.59. The second-order valence-electron chi connectivity index (χ2n) is 6.20. The van der Waals surface area contributed by atoms with E-state index >= 15 is 0 Å². The van der Waals surface area contributed by atoms with Crippen molar-refractivity contribution in [2.75, 3.05) is 5.75 Å². The molecule has 0 heterocycles. The lowest BCUT2D eigenvalue weighted by Gasteiger charge is -2.30. The highest BCUT2D eigenvalue weighted by atomic mass is 32.2. The second kappa shape index (κ2) is 6.47. The maximum atomic E-state index is 9.60. The number of thioether (sulfide) groups is 1. The Kier molecular flexibility index (Phi) is 5.16. The largest absolute Gasteiger partial charge is 0.392 e. The molecular weight excluding hydrogens is 256 g/mol. The first-order valence-corrected chi connectivity index (χ1v) is 8.61. The number of aliphatic hydroxyl groups is 1. The summed E-state index contributed by atoms with van der Waals surface area (Å²) in [5, 5.41) is 23.0. The Hall–Kier alpha value is -0.240. The van der Waals surface area contributed by atoms with Crippen molar-refractivity contribution in [1.82, 2.24) is 5.32 Å². The van der Waals surface area contributed by atoms with Crippen molar-refractivity contribution in [3.63, 3.8) is 0 Å². The first-order chi connectivity index (χ1) is 9.07. The first kappa shape index (κ1) is 15.2.